The minimum Gasteiger partial charge on any atom is -0.481 e. The highest BCUT2D eigenvalue weighted by molar-refractivity contribution is 5.88. The molecule has 0 aliphatic carbocycles. The van der Waals surface area contributed by atoms with E-state index >= 15 is 0 Å². The number of aliphatic carboxylic acids is 1. The second kappa shape index (κ2) is 6.18. The summed E-state index contributed by atoms with van der Waals surface area (Å²) in [5, 5.41) is 12.2. The van der Waals surface area contributed by atoms with Gasteiger partial charge in [-0.15, -0.1) is 0 Å². The van der Waals surface area contributed by atoms with Gasteiger partial charge in [-0.2, -0.15) is 0 Å². The molecule has 2 aliphatic heterocycles. The monoisotopic (exact) mass is 335 g/mol. The van der Waals surface area contributed by atoms with Crippen molar-refractivity contribution in [2.75, 3.05) is 20.1 Å². The van der Waals surface area contributed by atoms with Gasteiger partial charge in [-0.3, -0.25) is 9.59 Å². The normalized spacial score (nSPS) is 22.9. The molecule has 8 heteroatoms. The molecule has 3 heterocycles. The molecule has 8 nitrogen and oxygen atoms in total. The third-order valence-corrected chi connectivity index (χ3v) is 5.28. The number of urea groups is 1. The summed E-state index contributed by atoms with van der Waals surface area (Å²) in [6.07, 6.45) is 2.53. The van der Waals surface area contributed by atoms with Gasteiger partial charge in [0.15, 0.2) is 0 Å². The lowest BCUT2D eigenvalue weighted by Crippen LogP contribution is -2.58. The predicted octanol–water partition coefficient (Wildman–Crippen LogP) is 0.887. The van der Waals surface area contributed by atoms with Crippen molar-refractivity contribution in [2.45, 2.75) is 31.3 Å². The van der Waals surface area contributed by atoms with E-state index in [1.54, 1.807) is 35.2 Å². The second-order valence-electron chi connectivity index (χ2n) is 6.38. The van der Waals surface area contributed by atoms with Gasteiger partial charge >= 0.3 is 12.0 Å². The summed E-state index contributed by atoms with van der Waals surface area (Å²) in [6, 6.07) is 3.33. The zero-order valence-corrected chi connectivity index (χ0v) is 13.5. The third kappa shape index (κ3) is 2.72. The number of hydrogen-bond donors (Lipinski definition) is 2. The maximum Gasteiger partial charge on any atom is 0.317 e. The number of carbonyl (C=O) groups excluding carboxylic acids is 2. The maximum absolute atomic E-state index is 12.2. The van der Waals surface area contributed by atoms with Crippen molar-refractivity contribution in [2.24, 2.45) is 5.92 Å². The number of carboxylic acids is 1. The summed E-state index contributed by atoms with van der Waals surface area (Å²) < 4.78 is 5.17. The molecule has 1 spiro atoms. The Morgan fingerprint density at radius 2 is 2.12 bits per heavy atom. The van der Waals surface area contributed by atoms with Gasteiger partial charge in [0.25, 0.3) is 0 Å². The van der Waals surface area contributed by atoms with Crippen LogP contribution in [0, 0.1) is 5.92 Å². The number of carboxylic acid groups (broad SMARTS) is 1. The van der Waals surface area contributed by atoms with Crippen LogP contribution in [-0.4, -0.2) is 58.5 Å². The Morgan fingerprint density at radius 1 is 1.42 bits per heavy atom. The molecule has 2 fully saturated rings. The van der Waals surface area contributed by atoms with Gasteiger partial charge in [0.1, 0.15) is 5.76 Å². The Labute approximate surface area is 139 Å². The van der Waals surface area contributed by atoms with Crippen molar-refractivity contribution in [3.63, 3.8) is 0 Å². The Hall–Kier alpha value is -2.51. The van der Waals surface area contributed by atoms with Crippen molar-refractivity contribution >= 4 is 17.9 Å². The highest BCUT2D eigenvalue weighted by Crippen LogP contribution is 2.42. The standard InChI is InChI=1S/C16H21N3O5/c1-18-13(20)9-12(14(21)22)16(18)4-6-19(7-5-16)15(23)17-10-11-3-2-8-24-11/h2-3,8,12H,4-7,9-10H2,1H3,(H,17,23)(H,21,22). The Morgan fingerprint density at radius 3 is 2.71 bits per heavy atom. The quantitative estimate of drug-likeness (QED) is 0.854. The van der Waals surface area contributed by atoms with Crippen LogP contribution in [0.1, 0.15) is 25.0 Å². The Kier molecular flexibility index (Phi) is 4.21. The highest BCUT2D eigenvalue weighted by atomic mass is 16.4. The average Bonchev–Trinajstić information content (AvgIpc) is 3.17. The Bertz CT molecular complexity index is 634. The molecule has 1 aromatic rings. The molecule has 24 heavy (non-hydrogen) atoms. The molecule has 0 bridgehead atoms. The number of furan rings is 1. The summed E-state index contributed by atoms with van der Waals surface area (Å²) in [7, 11) is 1.66. The summed E-state index contributed by atoms with van der Waals surface area (Å²) in [5.74, 6) is -1.12. The molecule has 2 N–H and O–H groups in total. The van der Waals surface area contributed by atoms with E-state index in [2.05, 4.69) is 5.32 Å². The molecule has 1 aromatic heterocycles. The van der Waals surface area contributed by atoms with Crippen LogP contribution < -0.4 is 5.32 Å². The first kappa shape index (κ1) is 16.4. The van der Waals surface area contributed by atoms with E-state index in [0.717, 1.165) is 0 Å². The zero-order chi connectivity index (χ0) is 17.3. The number of piperidine rings is 1. The smallest absolute Gasteiger partial charge is 0.317 e. The summed E-state index contributed by atoms with van der Waals surface area (Å²) in [5.41, 5.74) is -0.680. The van der Waals surface area contributed by atoms with Crippen molar-refractivity contribution in [1.29, 1.82) is 0 Å². The van der Waals surface area contributed by atoms with E-state index in [1.807, 2.05) is 0 Å². The van der Waals surface area contributed by atoms with E-state index in [0.29, 0.717) is 38.2 Å². The number of rotatable bonds is 3. The fraction of sp³-hybridized carbons (Fsp3) is 0.562. The molecule has 130 valence electrons. The number of carbonyl (C=O) groups is 3. The molecule has 1 unspecified atom stereocenters. The van der Waals surface area contributed by atoms with Gasteiger partial charge in [-0.1, -0.05) is 0 Å². The zero-order valence-electron chi connectivity index (χ0n) is 13.5. The second-order valence-corrected chi connectivity index (χ2v) is 6.38. The molecular formula is C16H21N3O5. The van der Waals surface area contributed by atoms with Gasteiger partial charge in [-0.05, 0) is 25.0 Å². The lowest BCUT2D eigenvalue weighted by molar-refractivity contribution is -0.145. The first-order valence-corrected chi connectivity index (χ1v) is 7.99. The maximum atomic E-state index is 12.2. The van der Waals surface area contributed by atoms with E-state index in [9.17, 15) is 19.5 Å². The Balaban J connectivity index is 1.61. The lowest BCUT2D eigenvalue weighted by atomic mass is 9.77. The molecule has 2 saturated heterocycles. The molecule has 1 atom stereocenters. The fourth-order valence-corrected chi connectivity index (χ4v) is 3.77. The topological polar surface area (TPSA) is 103 Å². The fourth-order valence-electron chi connectivity index (χ4n) is 3.77. The highest BCUT2D eigenvalue weighted by Gasteiger charge is 2.55. The van der Waals surface area contributed by atoms with Crippen LogP contribution in [0.15, 0.2) is 22.8 Å². The number of nitrogens with zero attached hydrogens (tertiary/aromatic N) is 2. The first-order chi connectivity index (χ1) is 11.4. The largest absolute Gasteiger partial charge is 0.481 e. The molecule has 0 aromatic carbocycles. The third-order valence-electron chi connectivity index (χ3n) is 5.28. The molecular weight excluding hydrogens is 314 g/mol. The number of nitrogens with one attached hydrogen (secondary N) is 1. The predicted molar refractivity (Wildman–Crippen MR) is 83.0 cm³/mol. The summed E-state index contributed by atoms with van der Waals surface area (Å²) in [4.78, 5) is 39.0. The van der Waals surface area contributed by atoms with Gasteiger partial charge in [0.05, 0.1) is 24.3 Å². The minimum absolute atomic E-state index is 0.0382. The van der Waals surface area contributed by atoms with Crippen LogP contribution in [0.5, 0.6) is 0 Å². The van der Waals surface area contributed by atoms with E-state index < -0.39 is 17.4 Å². The van der Waals surface area contributed by atoms with Crippen LogP contribution >= 0.6 is 0 Å². The molecule has 3 amide bonds. The van der Waals surface area contributed by atoms with Crippen molar-refractivity contribution in [3.05, 3.63) is 24.2 Å². The number of hydrogen-bond acceptors (Lipinski definition) is 4. The minimum atomic E-state index is -0.941. The van der Waals surface area contributed by atoms with Crippen LogP contribution in [0.4, 0.5) is 4.79 Å². The number of likely N-dealkylation sites (tertiary alicyclic amines) is 2. The van der Waals surface area contributed by atoms with Crippen LogP contribution in [-0.2, 0) is 16.1 Å². The van der Waals surface area contributed by atoms with E-state index in [4.69, 9.17) is 4.42 Å². The van der Waals surface area contributed by atoms with E-state index in [-0.39, 0.29) is 18.4 Å². The number of amides is 3. The summed E-state index contributed by atoms with van der Waals surface area (Å²) in [6.45, 7) is 1.15. The summed E-state index contributed by atoms with van der Waals surface area (Å²) >= 11 is 0. The van der Waals surface area contributed by atoms with Crippen LogP contribution in [0.3, 0.4) is 0 Å². The van der Waals surface area contributed by atoms with E-state index in [1.165, 1.54) is 0 Å². The average molecular weight is 335 g/mol. The van der Waals surface area contributed by atoms with Gasteiger partial charge in [0.2, 0.25) is 5.91 Å². The SMILES string of the molecule is CN1C(=O)CC(C(=O)O)C12CCN(C(=O)NCc1ccco1)CC2. The van der Waals surface area contributed by atoms with Crippen molar-refractivity contribution in [1.82, 2.24) is 15.1 Å². The van der Waals surface area contributed by atoms with Crippen molar-refractivity contribution < 1.29 is 23.9 Å². The molecule has 2 aliphatic rings. The van der Waals surface area contributed by atoms with Gasteiger partial charge < -0.3 is 24.6 Å². The van der Waals surface area contributed by atoms with Gasteiger partial charge in [-0.25, -0.2) is 4.79 Å². The van der Waals surface area contributed by atoms with Gasteiger partial charge in [0, 0.05) is 26.6 Å². The molecule has 3 rings (SSSR count). The lowest BCUT2D eigenvalue weighted by Gasteiger charge is -2.45. The van der Waals surface area contributed by atoms with Crippen molar-refractivity contribution in [3.8, 4) is 0 Å². The van der Waals surface area contributed by atoms with Crippen LogP contribution in [0.2, 0.25) is 0 Å². The molecule has 0 saturated carbocycles. The van der Waals surface area contributed by atoms with Crippen LogP contribution in [0.25, 0.3) is 0 Å². The first-order valence-electron chi connectivity index (χ1n) is 7.99. The molecule has 0 radical (unpaired) electrons.